The number of hydrogen-bond acceptors (Lipinski definition) is 2. The van der Waals surface area contributed by atoms with Crippen molar-refractivity contribution in [3.8, 4) is 0 Å². The summed E-state index contributed by atoms with van der Waals surface area (Å²) in [5.41, 5.74) is 0.944. The minimum Gasteiger partial charge on any atom is -0.207 e. The van der Waals surface area contributed by atoms with E-state index in [1.54, 1.807) is 30.3 Å². The predicted molar refractivity (Wildman–Crippen MR) is 93.1 cm³/mol. The molecule has 0 aliphatic carbocycles. The molecule has 0 saturated heterocycles. The Balaban J connectivity index is 2.47. The summed E-state index contributed by atoms with van der Waals surface area (Å²) in [6, 6.07) is 16.1. The molecule has 0 spiro atoms. The number of rotatable bonds is 6. The van der Waals surface area contributed by atoms with Crippen LogP contribution in [0.15, 0.2) is 76.6 Å². The topological polar surface area (TPSA) is 37.4 Å². The molecule has 0 heterocycles. The van der Waals surface area contributed by atoms with Crippen LogP contribution in [0.2, 0.25) is 0 Å². The lowest BCUT2D eigenvalue weighted by atomic mass is 10.1. The molecular weight excluding hydrogens is 362 g/mol. The first-order valence-electron chi connectivity index (χ1n) is 6.90. The summed E-state index contributed by atoms with van der Waals surface area (Å²) >= 11 is 3.33. The van der Waals surface area contributed by atoms with Crippen molar-refractivity contribution in [2.45, 2.75) is 17.9 Å². The number of nitrogens with zero attached hydrogens (tertiary/aromatic N) is 1. The van der Waals surface area contributed by atoms with Gasteiger partial charge in [-0.1, -0.05) is 48.5 Å². The molecule has 116 valence electrons. The average molecular weight is 380 g/mol. The quantitative estimate of drug-likeness (QED) is 0.698. The van der Waals surface area contributed by atoms with Crippen LogP contribution >= 0.6 is 15.9 Å². The first-order valence-corrected chi connectivity index (χ1v) is 9.14. The third-order valence-corrected chi connectivity index (χ3v) is 6.39. The van der Waals surface area contributed by atoms with E-state index >= 15 is 0 Å². The van der Waals surface area contributed by atoms with Crippen LogP contribution in [0.3, 0.4) is 0 Å². The Hall–Kier alpha value is -1.43. The second-order valence-electron chi connectivity index (χ2n) is 4.88. The van der Waals surface area contributed by atoms with Crippen molar-refractivity contribution < 1.29 is 8.42 Å². The maximum atomic E-state index is 13.0. The summed E-state index contributed by atoms with van der Waals surface area (Å²) in [7, 11) is -3.63. The highest BCUT2D eigenvalue weighted by atomic mass is 79.9. The maximum Gasteiger partial charge on any atom is 0.245 e. The molecule has 0 radical (unpaired) electrons. The molecule has 2 aromatic carbocycles. The van der Waals surface area contributed by atoms with Crippen LogP contribution in [0, 0.1) is 0 Å². The van der Waals surface area contributed by atoms with Crippen molar-refractivity contribution in [1.82, 2.24) is 4.31 Å². The SMILES string of the molecule is C=CCN([C@@H](C)c1ccccc1)S(=O)(=O)c1ccccc1Br. The first kappa shape index (κ1) is 16.9. The summed E-state index contributed by atoms with van der Waals surface area (Å²) in [6.07, 6.45) is 1.60. The van der Waals surface area contributed by atoms with Gasteiger partial charge >= 0.3 is 0 Å². The van der Waals surface area contributed by atoms with Crippen LogP contribution in [0.1, 0.15) is 18.5 Å². The fourth-order valence-corrected chi connectivity index (χ4v) is 4.83. The summed E-state index contributed by atoms with van der Waals surface area (Å²) in [5, 5.41) is 0. The van der Waals surface area contributed by atoms with Gasteiger partial charge < -0.3 is 0 Å². The standard InChI is InChI=1S/C17H18BrNO2S/c1-3-13-19(14(2)15-9-5-4-6-10-15)22(20,21)17-12-8-7-11-16(17)18/h3-12,14H,1,13H2,2H3/t14-/m0/s1. The molecule has 22 heavy (non-hydrogen) atoms. The lowest BCUT2D eigenvalue weighted by molar-refractivity contribution is 0.370. The highest BCUT2D eigenvalue weighted by molar-refractivity contribution is 9.10. The summed E-state index contributed by atoms with van der Waals surface area (Å²) in [6.45, 7) is 5.82. The molecule has 0 amide bonds. The van der Waals surface area contributed by atoms with Gasteiger partial charge in [0.05, 0.1) is 4.90 Å². The van der Waals surface area contributed by atoms with Gasteiger partial charge in [0.2, 0.25) is 10.0 Å². The predicted octanol–water partition coefficient (Wildman–Crippen LogP) is 4.39. The zero-order chi connectivity index (χ0) is 16.2. The van der Waals surface area contributed by atoms with Crippen LogP contribution in [-0.2, 0) is 10.0 Å². The van der Waals surface area contributed by atoms with Gasteiger partial charge in [-0.2, -0.15) is 4.31 Å². The van der Waals surface area contributed by atoms with E-state index in [0.717, 1.165) is 5.56 Å². The van der Waals surface area contributed by atoms with E-state index in [1.807, 2.05) is 37.3 Å². The maximum absolute atomic E-state index is 13.0. The lowest BCUT2D eigenvalue weighted by Gasteiger charge is -2.28. The molecule has 0 fully saturated rings. The van der Waals surface area contributed by atoms with Crippen molar-refractivity contribution in [3.63, 3.8) is 0 Å². The Morgan fingerprint density at radius 1 is 1.14 bits per heavy atom. The van der Waals surface area contributed by atoms with E-state index in [4.69, 9.17) is 0 Å². The van der Waals surface area contributed by atoms with Crippen LogP contribution in [-0.4, -0.2) is 19.3 Å². The van der Waals surface area contributed by atoms with Crippen molar-refractivity contribution in [2.75, 3.05) is 6.54 Å². The minimum atomic E-state index is -3.63. The summed E-state index contributed by atoms with van der Waals surface area (Å²) < 4.78 is 28.0. The first-order chi connectivity index (χ1) is 10.5. The molecule has 0 aromatic heterocycles. The van der Waals surface area contributed by atoms with Gasteiger partial charge in [-0.25, -0.2) is 8.42 Å². The van der Waals surface area contributed by atoms with Gasteiger partial charge in [0.1, 0.15) is 0 Å². The van der Waals surface area contributed by atoms with Gasteiger partial charge in [0.25, 0.3) is 0 Å². The number of benzene rings is 2. The molecule has 1 atom stereocenters. The van der Waals surface area contributed by atoms with E-state index in [2.05, 4.69) is 22.5 Å². The average Bonchev–Trinajstić information content (AvgIpc) is 2.53. The lowest BCUT2D eigenvalue weighted by Crippen LogP contribution is -2.34. The van der Waals surface area contributed by atoms with Crippen LogP contribution in [0.5, 0.6) is 0 Å². The molecule has 0 aliphatic rings. The van der Waals surface area contributed by atoms with Crippen LogP contribution in [0.25, 0.3) is 0 Å². The molecule has 0 unspecified atom stereocenters. The monoisotopic (exact) mass is 379 g/mol. The minimum absolute atomic E-state index is 0.250. The van der Waals surface area contributed by atoms with Crippen molar-refractivity contribution in [2.24, 2.45) is 0 Å². The van der Waals surface area contributed by atoms with Gasteiger partial charge in [0.15, 0.2) is 0 Å². The normalized spacial score (nSPS) is 13.0. The summed E-state index contributed by atoms with van der Waals surface area (Å²) in [4.78, 5) is 0.264. The van der Waals surface area contributed by atoms with Gasteiger partial charge in [-0.3, -0.25) is 0 Å². The zero-order valence-corrected chi connectivity index (χ0v) is 14.7. The van der Waals surface area contributed by atoms with Gasteiger partial charge in [-0.15, -0.1) is 6.58 Å². The highest BCUT2D eigenvalue weighted by Gasteiger charge is 2.30. The van der Waals surface area contributed by atoms with Crippen LogP contribution in [0.4, 0.5) is 0 Å². The zero-order valence-electron chi connectivity index (χ0n) is 12.3. The van der Waals surface area contributed by atoms with Gasteiger partial charge in [0, 0.05) is 17.1 Å². The van der Waals surface area contributed by atoms with Crippen LogP contribution < -0.4 is 0 Å². The van der Waals surface area contributed by atoms with Gasteiger partial charge in [-0.05, 0) is 40.5 Å². The van der Waals surface area contributed by atoms with E-state index in [-0.39, 0.29) is 17.5 Å². The number of halogens is 1. The highest BCUT2D eigenvalue weighted by Crippen LogP contribution is 2.30. The number of hydrogen-bond donors (Lipinski definition) is 0. The molecule has 0 N–H and O–H groups in total. The Bertz CT molecular complexity index is 744. The number of sulfonamides is 1. The second kappa shape index (κ2) is 7.22. The fourth-order valence-electron chi connectivity index (χ4n) is 2.27. The molecule has 0 bridgehead atoms. The van der Waals surface area contributed by atoms with Crippen molar-refractivity contribution in [1.29, 1.82) is 0 Å². The smallest absolute Gasteiger partial charge is 0.207 e. The summed E-state index contributed by atoms with van der Waals surface area (Å²) in [5.74, 6) is 0. The molecule has 5 heteroatoms. The van der Waals surface area contributed by atoms with Crippen molar-refractivity contribution >= 4 is 26.0 Å². The van der Waals surface area contributed by atoms with E-state index < -0.39 is 10.0 Å². The fraction of sp³-hybridized carbons (Fsp3) is 0.176. The third-order valence-electron chi connectivity index (χ3n) is 3.45. The van der Waals surface area contributed by atoms with E-state index in [9.17, 15) is 8.42 Å². The molecule has 2 rings (SSSR count). The third kappa shape index (κ3) is 3.48. The molecular formula is C17H18BrNO2S. The Morgan fingerprint density at radius 3 is 2.32 bits per heavy atom. The molecule has 0 aliphatic heterocycles. The molecule has 3 nitrogen and oxygen atoms in total. The van der Waals surface area contributed by atoms with E-state index in [0.29, 0.717) is 4.47 Å². The Kier molecular flexibility index (Phi) is 5.56. The van der Waals surface area contributed by atoms with E-state index in [1.165, 1.54) is 4.31 Å². The molecule has 2 aromatic rings. The van der Waals surface area contributed by atoms with Crippen molar-refractivity contribution in [3.05, 3.63) is 77.3 Å². The Labute approximate surface area is 140 Å². The largest absolute Gasteiger partial charge is 0.245 e. The Morgan fingerprint density at radius 2 is 1.73 bits per heavy atom. The molecule has 0 saturated carbocycles. The second-order valence-corrected chi connectivity index (χ2v) is 7.59.